The van der Waals surface area contributed by atoms with Crippen molar-refractivity contribution in [3.05, 3.63) is 46.2 Å². The third kappa shape index (κ3) is 3.08. The molecule has 0 saturated heterocycles. The average Bonchev–Trinajstić information content (AvgIpc) is 2.93. The van der Waals surface area contributed by atoms with Gasteiger partial charge >= 0.3 is 0 Å². The molecule has 0 aliphatic rings. The molecule has 4 heteroatoms. The summed E-state index contributed by atoms with van der Waals surface area (Å²) in [5.41, 5.74) is 7.36. The molecule has 19 heavy (non-hydrogen) atoms. The molecule has 0 aliphatic heterocycles. The topological polar surface area (TPSA) is 44.5 Å². The second-order valence-electron chi connectivity index (χ2n) is 4.22. The number of methoxy groups -OCH3 is 1. The molecule has 2 aromatic rings. The van der Waals surface area contributed by atoms with E-state index >= 15 is 0 Å². The van der Waals surface area contributed by atoms with Crippen molar-refractivity contribution in [2.75, 3.05) is 13.7 Å². The van der Waals surface area contributed by atoms with Crippen LogP contribution in [0.15, 0.2) is 35.7 Å². The van der Waals surface area contributed by atoms with Crippen LogP contribution in [0.1, 0.15) is 29.8 Å². The van der Waals surface area contributed by atoms with Crippen molar-refractivity contribution in [3.8, 4) is 11.5 Å². The first-order chi connectivity index (χ1) is 9.27. The van der Waals surface area contributed by atoms with Gasteiger partial charge in [0.05, 0.1) is 24.6 Å². The zero-order valence-electron chi connectivity index (χ0n) is 11.3. The molecule has 1 aromatic carbocycles. The third-order valence-corrected chi connectivity index (χ3v) is 3.86. The van der Waals surface area contributed by atoms with E-state index in [4.69, 9.17) is 15.2 Å². The first-order valence-corrected chi connectivity index (χ1v) is 7.24. The minimum absolute atomic E-state index is 0.219. The number of benzene rings is 1. The number of hydrogen-bond donors (Lipinski definition) is 1. The second kappa shape index (κ2) is 6.59. The van der Waals surface area contributed by atoms with Crippen LogP contribution in [-0.2, 0) is 0 Å². The van der Waals surface area contributed by atoms with Crippen molar-refractivity contribution in [1.29, 1.82) is 0 Å². The highest BCUT2D eigenvalue weighted by Gasteiger charge is 2.18. The normalized spacial score (nSPS) is 12.2. The minimum Gasteiger partial charge on any atom is -0.496 e. The van der Waals surface area contributed by atoms with Gasteiger partial charge in [0.2, 0.25) is 0 Å². The van der Waals surface area contributed by atoms with Gasteiger partial charge in [-0.3, -0.25) is 0 Å². The highest BCUT2D eigenvalue weighted by atomic mass is 32.1. The molecule has 2 N–H and O–H groups in total. The Hall–Kier alpha value is -1.52. The van der Waals surface area contributed by atoms with Crippen LogP contribution < -0.4 is 15.2 Å². The average molecular weight is 277 g/mol. The summed E-state index contributed by atoms with van der Waals surface area (Å²) in [7, 11) is 1.66. The van der Waals surface area contributed by atoms with E-state index in [1.165, 1.54) is 0 Å². The summed E-state index contributed by atoms with van der Waals surface area (Å²) in [6, 6.07) is 9.64. The summed E-state index contributed by atoms with van der Waals surface area (Å²) >= 11 is 1.60. The lowest BCUT2D eigenvalue weighted by atomic mass is 10.0. The molecule has 0 aliphatic carbocycles. The van der Waals surface area contributed by atoms with Gasteiger partial charge in [-0.2, -0.15) is 0 Å². The molecule has 2 rings (SSSR count). The van der Waals surface area contributed by atoms with E-state index in [1.54, 1.807) is 18.4 Å². The fourth-order valence-corrected chi connectivity index (χ4v) is 2.81. The fourth-order valence-electron chi connectivity index (χ4n) is 1.93. The van der Waals surface area contributed by atoms with Crippen LogP contribution in [0.2, 0.25) is 0 Å². The Bertz CT molecular complexity index is 524. The summed E-state index contributed by atoms with van der Waals surface area (Å²) in [4.78, 5) is 1.02. The van der Waals surface area contributed by atoms with E-state index in [0.717, 1.165) is 28.4 Å². The summed E-state index contributed by atoms with van der Waals surface area (Å²) in [5.74, 6) is 1.69. The van der Waals surface area contributed by atoms with Crippen LogP contribution in [0.25, 0.3) is 0 Å². The Balaban J connectivity index is 2.30. The molecule has 102 valence electrons. The SMILES string of the molecule is CCCOc1ccccc1C(N)c1sccc1OC. The highest BCUT2D eigenvalue weighted by Crippen LogP contribution is 2.36. The zero-order valence-corrected chi connectivity index (χ0v) is 12.1. The Kier molecular flexibility index (Phi) is 4.82. The van der Waals surface area contributed by atoms with Crippen LogP contribution in [0.3, 0.4) is 0 Å². The van der Waals surface area contributed by atoms with Crippen LogP contribution in [0.5, 0.6) is 11.5 Å². The Morgan fingerprint density at radius 2 is 2.00 bits per heavy atom. The van der Waals surface area contributed by atoms with Crippen molar-refractivity contribution in [1.82, 2.24) is 0 Å². The minimum atomic E-state index is -0.219. The smallest absolute Gasteiger partial charge is 0.134 e. The predicted octanol–water partition coefficient (Wildman–Crippen LogP) is 3.59. The Morgan fingerprint density at radius 3 is 2.74 bits per heavy atom. The lowest BCUT2D eigenvalue weighted by Crippen LogP contribution is -2.13. The van der Waals surface area contributed by atoms with E-state index in [1.807, 2.05) is 35.7 Å². The van der Waals surface area contributed by atoms with Crippen molar-refractivity contribution < 1.29 is 9.47 Å². The Morgan fingerprint density at radius 1 is 1.21 bits per heavy atom. The number of nitrogens with two attached hydrogens (primary N) is 1. The fraction of sp³-hybridized carbons (Fsp3) is 0.333. The highest BCUT2D eigenvalue weighted by molar-refractivity contribution is 7.10. The van der Waals surface area contributed by atoms with Gasteiger partial charge in [0, 0.05) is 5.56 Å². The van der Waals surface area contributed by atoms with E-state index in [9.17, 15) is 0 Å². The second-order valence-corrected chi connectivity index (χ2v) is 5.16. The zero-order chi connectivity index (χ0) is 13.7. The molecule has 3 nitrogen and oxygen atoms in total. The van der Waals surface area contributed by atoms with Gasteiger partial charge in [-0.1, -0.05) is 25.1 Å². The van der Waals surface area contributed by atoms with Crippen LogP contribution >= 0.6 is 11.3 Å². The summed E-state index contributed by atoms with van der Waals surface area (Å²) < 4.78 is 11.1. The maximum absolute atomic E-state index is 6.36. The molecule has 0 radical (unpaired) electrons. The molecule has 0 fully saturated rings. The molecule has 0 saturated carbocycles. The number of hydrogen-bond acceptors (Lipinski definition) is 4. The molecule has 1 heterocycles. The van der Waals surface area contributed by atoms with E-state index < -0.39 is 0 Å². The van der Waals surface area contributed by atoms with Gasteiger partial charge in [-0.25, -0.2) is 0 Å². The van der Waals surface area contributed by atoms with Gasteiger partial charge < -0.3 is 15.2 Å². The summed E-state index contributed by atoms with van der Waals surface area (Å²) in [5, 5.41) is 1.99. The van der Waals surface area contributed by atoms with Crippen LogP contribution in [0.4, 0.5) is 0 Å². The van der Waals surface area contributed by atoms with Gasteiger partial charge in [0.25, 0.3) is 0 Å². The van der Waals surface area contributed by atoms with Crippen LogP contribution in [-0.4, -0.2) is 13.7 Å². The largest absolute Gasteiger partial charge is 0.496 e. The van der Waals surface area contributed by atoms with Crippen molar-refractivity contribution in [2.24, 2.45) is 5.73 Å². The van der Waals surface area contributed by atoms with Crippen LogP contribution in [0, 0.1) is 0 Å². The lowest BCUT2D eigenvalue weighted by molar-refractivity contribution is 0.313. The quantitative estimate of drug-likeness (QED) is 0.877. The number of para-hydroxylation sites is 1. The van der Waals surface area contributed by atoms with E-state index in [2.05, 4.69) is 6.92 Å². The predicted molar refractivity (Wildman–Crippen MR) is 79.1 cm³/mol. The molecule has 0 spiro atoms. The van der Waals surface area contributed by atoms with Crippen molar-refractivity contribution >= 4 is 11.3 Å². The van der Waals surface area contributed by atoms with E-state index in [-0.39, 0.29) is 6.04 Å². The lowest BCUT2D eigenvalue weighted by Gasteiger charge is -2.16. The number of thiophene rings is 1. The summed E-state index contributed by atoms with van der Waals surface area (Å²) in [6.07, 6.45) is 0.978. The third-order valence-electron chi connectivity index (χ3n) is 2.88. The monoisotopic (exact) mass is 277 g/mol. The number of rotatable bonds is 6. The van der Waals surface area contributed by atoms with Crippen molar-refractivity contribution in [3.63, 3.8) is 0 Å². The van der Waals surface area contributed by atoms with Gasteiger partial charge in [-0.05, 0) is 23.9 Å². The first kappa shape index (κ1) is 13.9. The van der Waals surface area contributed by atoms with Gasteiger partial charge in [-0.15, -0.1) is 11.3 Å². The summed E-state index contributed by atoms with van der Waals surface area (Å²) in [6.45, 7) is 2.79. The number of ether oxygens (including phenoxy) is 2. The molecule has 1 atom stereocenters. The maximum atomic E-state index is 6.36. The van der Waals surface area contributed by atoms with Gasteiger partial charge in [0.15, 0.2) is 0 Å². The Labute approximate surface area is 118 Å². The molecule has 0 bridgehead atoms. The standard InChI is InChI=1S/C15H19NO2S/c1-3-9-18-12-7-5-4-6-11(12)14(16)15-13(17-2)8-10-19-15/h4-8,10,14H,3,9,16H2,1-2H3. The first-order valence-electron chi connectivity index (χ1n) is 6.36. The molecule has 0 amide bonds. The maximum Gasteiger partial charge on any atom is 0.134 e. The van der Waals surface area contributed by atoms with Gasteiger partial charge in [0.1, 0.15) is 11.5 Å². The molecular weight excluding hydrogens is 258 g/mol. The molecule has 1 aromatic heterocycles. The van der Waals surface area contributed by atoms with E-state index in [0.29, 0.717) is 6.61 Å². The molecule has 1 unspecified atom stereocenters. The molecular formula is C15H19NO2S. The van der Waals surface area contributed by atoms with Crippen molar-refractivity contribution in [2.45, 2.75) is 19.4 Å².